The molecule has 140 valence electrons. The quantitative estimate of drug-likeness (QED) is 0.686. The number of likely N-dealkylation sites (tertiary alicyclic amines) is 1. The smallest absolute Gasteiger partial charge is 0.280 e. The van der Waals surface area contributed by atoms with Crippen LogP contribution in [0.25, 0.3) is 11.6 Å². The van der Waals surface area contributed by atoms with E-state index in [2.05, 4.69) is 26.5 Å². The van der Waals surface area contributed by atoms with Crippen molar-refractivity contribution < 1.29 is 9.32 Å². The van der Waals surface area contributed by atoms with Crippen LogP contribution in [0.2, 0.25) is 0 Å². The van der Waals surface area contributed by atoms with Gasteiger partial charge in [-0.1, -0.05) is 10.4 Å². The molecule has 9 nitrogen and oxygen atoms in total. The Bertz CT molecular complexity index is 1060. The average molecular weight is 375 g/mol. The van der Waals surface area contributed by atoms with E-state index in [9.17, 15) is 4.79 Å². The molecule has 0 radical (unpaired) electrons. The molecule has 0 spiro atoms. The molecule has 1 aliphatic carbocycles. The Labute approximate surface area is 160 Å². The van der Waals surface area contributed by atoms with Crippen molar-refractivity contribution in [3.05, 3.63) is 47.4 Å². The fraction of sp³-hybridized carbons (Fsp3) is 0.368. The molecule has 1 atom stereocenters. The number of nitriles is 1. The minimum atomic E-state index is -0.0432. The molecule has 0 N–H and O–H groups in total. The molecule has 0 bridgehead atoms. The Balaban J connectivity index is 1.27. The summed E-state index contributed by atoms with van der Waals surface area (Å²) in [6.45, 7) is 1.20. The van der Waals surface area contributed by atoms with Crippen LogP contribution in [0.1, 0.15) is 53.0 Å². The van der Waals surface area contributed by atoms with Gasteiger partial charge in [-0.05, 0) is 43.5 Å². The molecule has 3 heterocycles. The normalized spacial score (nSPS) is 19.0. The Morgan fingerprint density at radius 2 is 2.04 bits per heavy atom. The number of aromatic nitrogens is 5. The lowest BCUT2D eigenvalue weighted by Gasteiger charge is -2.16. The van der Waals surface area contributed by atoms with Crippen molar-refractivity contribution in [1.29, 1.82) is 5.26 Å². The first-order valence-corrected chi connectivity index (χ1v) is 9.26. The van der Waals surface area contributed by atoms with Gasteiger partial charge in [-0.3, -0.25) is 4.79 Å². The van der Waals surface area contributed by atoms with Crippen LogP contribution in [0.3, 0.4) is 0 Å². The monoisotopic (exact) mass is 375 g/mol. The minimum Gasteiger partial charge on any atom is -0.336 e. The van der Waals surface area contributed by atoms with Crippen molar-refractivity contribution in [3.63, 3.8) is 0 Å². The number of hydrogen-bond acceptors (Lipinski definition) is 7. The first-order valence-electron chi connectivity index (χ1n) is 9.26. The van der Waals surface area contributed by atoms with Crippen molar-refractivity contribution in [2.75, 3.05) is 13.1 Å². The summed E-state index contributed by atoms with van der Waals surface area (Å²) in [4.78, 5) is 18.9. The fourth-order valence-electron chi connectivity index (χ4n) is 3.41. The topological polar surface area (TPSA) is 114 Å². The van der Waals surface area contributed by atoms with Crippen LogP contribution in [0, 0.1) is 11.3 Å². The maximum Gasteiger partial charge on any atom is 0.280 e. The summed E-state index contributed by atoms with van der Waals surface area (Å²) >= 11 is 0. The highest BCUT2D eigenvalue weighted by Gasteiger charge is 2.31. The number of carbonyl (C=O) groups is 1. The van der Waals surface area contributed by atoms with Crippen molar-refractivity contribution >= 4 is 5.91 Å². The number of benzene rings is 1. The molecule has 2 aliphatic rings. The predicted octanol–water partition coefficient (Wildman–Crippen LogP) is 2.16. The van der Waals surface area contributed by atoms with Crippen molar-refractivity contribution in [2.24, 2.45) is 0 Å². The molecule has 1 saturated heterocycles. The molecular formula is C19H17N7O2. The maximum atomic E-state index is 12.7. The summed E-state index contributed by atoms with van der Waals surface area (Å²) in [7, 11) is 0. The second-order valence-electron chi connectivity index (χ2n) is 7.20. The van der Waals surface area contributed by atoms with E-state index in [1.807, 2.05) is 0 Å². The minimum absolute atomic E-state index is 0.0432. The number of carbonyl (C=O) groups excluding carboxylic acids is 1. The van der Waals surface area contributed by atoms with Gasteiger partial charge in [0.2, 0.25) is 0 Å². The lowest BCUT2D eigenvalue weighted by atomic mass is 10.1. The third-order valence-corrected chi connectivity index (χ3v) is 5.20. The highest BCUT2D eigenvalue weighted by atomic mass is 16.5. The van der Waals surface area contributed by atoms with Gasteiger partial charge in [0.15, 0.2) is 11.5 Å². The zero-order chi connectivity index (χ0) is 19.1. The van der Waals surface area contributed by atoms with Crippen LogP contribution >= 0.6 is 0 Å². The average Bonchev–Trinajstić information content (AvgIpc) is 3.16. The van der Waals surface area contributed by atoms with Gasteiger partial charge in [0.1, 0.15) is 0 Å². The summed E-state index contributed by atoms with van der Waals surface area (Å²) in [6.07, 6.45) is 4.81. The second kappa shape index (κ2) is 6.56. The number of nitrogens with zero attached hydrogens (tertiary/aromatic N) is 7. The van der Waals surface area contributed by atoms with Crippen molar-refractivity contribution in [3.8, 4) is 17.7 Å². The SMILES string of the molecule is N#Cc1ccc(C(=O)N2CC[C@@H](n3cc(-c4nc(C5CC5)no4)nn3)C2)cc1. The lowest BCUT2D eigenvalue weighted by molar-refractivity contribution is 0.0787. The van der Waals surface area contributed by atoms with Crippen LogP contribution in [0.4, 0.5) is 0 Å². The van der Waals surface area contributed by atoms with E-state index in [-0.39, 0.29) is 11.9 Å². The van der Waals surface area contributed by atoms with Crippen molar-refractivity contribution in [1.82, 2.24) is 30.0 Å². The largest absolute Gasteiger partial charge is 0.336 e. The first-order chi connectivity index (χ1) is 13.7. The van der Waals surface area contributed by atoms with Gasteiger partial charge in [-0.2, -0.15) is 10.2 Å². The van der Waals surface area contributed by atoms with Crippen LogP contribution in [-0.2, 0) is 0 Å². The Kier molecular flexibility index (Phi) is 3.90. The molecule has 1 aromatic carbocycles. The Morgan fingerprint density at radius 3 is 2.79 bits per heavy atom. The Morgan fingerprint density at radius 1 is 1.21 bits per heavy atom. The third-order valence-electron chi connectivity index (χ3n) is 5.20. The van der Waals surface area contributed by atoms with E-state index < -0.39 is 0 Å². The van der Waals surface area contributed by atoms with Gasteiger partial charge in [0, 0.05) is 24.6 Å². The van der Waals surface area contributed by atoms with E-state index in [0.717, 1.165) is 25.1 Å². The number of rotatable bonds is 4. The molecule has 0 unspecified atom stereocenters. The van der Waals surface area contributed by atoms with Gasteiger partial charge in [-0.15, -0.1) is 5.10 Å². The molecule has 2 aromatic heterocycles. The van der Waals surface area contributed by atoms with E-state index in [1.165, 1.54) is 0 Å². The summed E-state index contributed by atoms with van der Waals surface area (Å²) < 4.78 is 7.07. The second-order valence-corrected chi connectivity index (χ2v) is 7.20. The summed E-state index contributed by atoms with van der Waals surface area (Å²) in [6, 6.07) is 8.80. The lowest BCUT2D eigenvalue weighted by Crippen LogP contribution is -2.29. The molecule has 1 amide bonds. The zero-order valence-corrected chi connectivity index (χ0v) is 15.0. The number of hydrogen-bond donors (Lipinski definition) is 0. The van der Waals surface area contributed by atoms with E-state index in [4.69, 9.17) is 9.78 Å². The zero-order valence-electron chi connectivity index (χ0n) is 15.0. The molecule has 3 aromatic rings. The molecule has 1 aliphatic heterocycles. The highest BCUT2D eigenvalue weighted by Crippen LogP contribution is 2.38. The van der Waals surface area contributed by atoms with Crippen LogP contribution in [-0.4, -0.2) is 49.0 Å². The summed E-state index contributed by atoms with van der Waals surface area (Å²) in [5.74, 6) is 1.50. The van der Waals surface area contributed by atoms with Crippen LogP contribution in [0.15, 0.2) is 35.0 Å². The van der Waals surface area contributed by atoms with Gasteiger partial charge >= 0.3 is 0 Å². The van der Waals surface area contributed by atoms with E-state index in [1.54, 1.807) is 40.0 Å². The summed E-state index contributed by atoms with van der Waals surface area (Å²) in [5, 5.41) is 21.2. The van der Waals surface area contributed by atoms with Crippen molar-refractivity contribution in [2.45, 2.75) is 31.2 Å². The molecule has 5 rings (SSSR count). The van der Waals surface area contributed by atoms with E-state index >= 15 is 0 Å². The fourth-order valence-corrected chi connectivity index (χ4v) is 3.41. The molecule has 1 saturated carbocycles. The van der Waals surface area contributed by atoms with Crippen LogP contribution < -0.4 is 0 Å². The first kappa shape index (κ1) is 16.6. The van der Waals surface area contributed by atoms with Crippen LogP contribution in [0.5, 0.6) is 0 Å². The standard InChI is InChI=1S/C19H17N7O2/c20-9-12-1-3-14(4-2-12)19(27)25-8-7-15(10-25)26-11-16(22-24-26)18-21-17(23-28-18)13-5-6-13/h1-4,11,13,15H,5-8,10H2/t15-/m1/s1. The van der Waals surface area contributed by atoms with Gasteiger partial charge in [-0.25, -0.2) is 4.68 Å². The Hall–Kier alpha value is -3.54. The molecule has 28 heavy (non-hydrogen) atoms. The van der Waals surface area contributed by atoms with Gasteiger partial charge in [0.25, 0.3) is 11.8 Å². The third kappa shape index (κ3) is 3.03. The molecule has 9 heteroatoms. The predicted molar refractivity (Wildman–Crippen MR) is 96.0 cm³/mol. The maximum absolute atomic E-state index is 12.7. The highest BCUT2D eigenvalue weighted by molar-refractivity contribution is 5.94. The molecule has 2 fully saturated rings. The van der Waals surface area contributed by atoms with Gasteiger partial charge in [0.05, 0.1) is 23.9 Å². The van der Waals surface area contributed by atoms with E-state index in [0.29, 0.717) is 41.7 Å². The number of amides is 1. The summed E-state index contributed by atoms with van der Waals surface area (Å²) in [5.41, 5.74) is 1.67. The van der Waals surface area contributed by atoms with Gasteiger partial charge < -0.3 is 9.42 Å². The molecular weight excluding hydrogens is 358 g/mol.